The maximum atomic E-state index is 13.4. The van der Waals surface area contributed by atoms with Gasteiger partial charge in [0.2, 0.25) is 17.7 Å². The Bertz CT molecular complexity index is 1380. The summed E-state index contributed by atoms with van der Waals surface area (Å²) in [5.74, 6) is -4.88. The van der Waals surface area contributed by atoms with Crippen molar-refractivity contribution in [2.45, 2.75) is 56.3 Å². The van der Waals surface area contributed by atoms with Gasteiger partial charge < -0.3 is 42.0 Å². The number of imidazole rings is 1. The minimum absolute atomic E-state index is 0.0427. The van der Waals surface area contributed by atoms with Gasteiger partial charge in [-0.05, 0) is 36.1 Å². The van der Waals surface area contributed by atoms with Gasteiger partial charge in [-0.3, -0.25) is 19.2 Å². The zero-order valence-corrected chi connectivity index (χ0v) is 23.1. The number of benzene rings is 2. The van der Waals surface area contributed by atoms with E-state index in [0.717, 1.165) is 0 Å². The molecule has 43 heavy (non-hydrogen) atoms. The van der Waals surface area contributed by atoms with Crippen LogP contribution in [-0.4, -0.2) is 79.1 Å². The SMILES string of the molecule is NC(Cc1ccc(O)cc1)C(=O)NC(Cc1cnc[nH]1)C(=O)NC(CCC(=O)O)C(=O)NC(Cc1ccccc1)C(=O)O. The van der Waals surface area contributed by atoms with E-state index in [1.54, 1.807) is 42.5 Å². The molecule has 0 spiro atoms. The molecule has 0 fully saturated rings. The Morgan fingerprint density at radius 3 is 1.98 bits per heavy atom. The molecule has 3 rings (SSSR count). The minimum Gasteiger partial charge on any atom is -0.508 e. The summed E-state index contributed by atoms with van der Waals surface area (Å²) < 4.78 is 0. The second-order valence-electron chi connectivity index (χ2n) is 9.90. The number of H-pyrrole nitrogens is 1. The highest BCUT2D eigenvalue weighted by Crippen LogP contribution is 2.12. The number of aliphatic carboxylic acids is 2. The molecule has 228 valence electrons. The van der Waals surface area contributed by atoms with Crippen LogP contribution in [0.2, 0.25) is 0 Å². The molecule has 0 radical (unpaired) electrons. The number of hydrogen-bond acceptors (Lipinski definition) is 8. The van der Waals surface area contributed by atoms with Gasteiger partial charge in [0.25, 0.3) is 0 Å². The van der Waals surface area contributed by atoms with Gasteiger partial charge in [0, 0.05) is 31.2 Å². The van der Waals surface area contributed by atoms with Gasteiger partial charge in [-0.1, -0.05) is 42.5 Å². The maximum absolute atomic E-state index is 13.4. The molecule has 4 unspecified atom stereocenters. The molecular weight excluding hydrogens is 560 g/mol. The van der Waals surface area contributed by atoms with E-state index in [2.05, 4.69) is 25.9 Å². The van der Waals surface area contributed by atoms with Crippen LogP contribution in [0.4, 0.5) is 0 Å². The number of amides is 3. The van der Waals surface area contributed by atoms with Crippen LogP contribution in [0.15, 0.2) is 67.1 Å². The Kier molecular flexibility index (Phi) is 11.8. The Hall–Kier alpha value is -5.24. The first kappa shape index (κ1) is 32.3. The molecular formula is C29H34N6O8. The van der Waals surface area contributed by atoms with Crippen LogP contribution in [-0.2, 0) is 43.2 Å². The number of aromatic nitrogens is 2. The third kappa shape index (κ3) is 10.6. The fraction of sp³-hybridized carbons (Fsp3) is 0.310. The first-order chi connectivity index (χ1) is 20.5. The lowest BCUT2D eigenvalue weighted by molar-refractivity contribution is -0.143. The van der Waals surface area contributed by atoms with Gasteiger partial charge in [0.15, 0.2) is 0 Å². The second-order valence-corrected chi connectivity index (χ2v) is 9.90. The summed E-state index contributed by atoms with van der Waals surface area (Å²) in [5, 5.41) is 35.8. The molecule has 14 nitrogen and oxygen atoms in total. The molecule has 1 heterocycles. The highest BCUT2D eigenvalue weighted by molar-refractivity contribution is 5.94. The summed E-state index contributed by atoms with van der Waals surface area (Å²) in [6.07, 6.45) is 1.98. The number of carbonyl (C=O) groups is 5. The topological polar surface area (TPSA) is 237 Å². The quantitative estimate of drug-likeness (QED) is 0.109. The van der Waals surface area contributed by atoms with Crippen molar-refractivity contribution in [1.29, 1.82) is 0 Å². The molecule has 1 aromatic heterocycles. The molecule has 0 aliphatic heterocycles. The summed E-state index contributed by atoms with van der Waals surface area (Å²) in [5.41, 5.74) is 7.87. The molecule has 2 aromatic carbocycles. The first-order valence-electron chi connectivity index (χ1n) is 13.4. The molecule has 0 aliphatic carbocycles. The van der Waals surface area contributed by atoms with Crippen molar-refractivity contribution >= 4 is 29.7 Å². The van der Waals surface area contributed by atoms with Crippen LogP contribution < -0.4 is 21.7 Å². The molecule has 3 amide bonds. The van der Waals surface area contributed by atoms with Crippen LogP contribution in [0.25, 0.3) is 0 Å². The standard InChI is InChI=1S/C29H34N6O8/c30-21(12-18-6-8-20(36)9-7-18)26(39)34-23(14-19-15-31-16-32-19)28(41)33-22(10-11-25(37)38)27(40)35-24(29(42)43)13-17-4-2-1-3-5-17/h1-9,15-16,21-24,36H,10-14,30H2,(H,31,32)(H,33,41)(H,34,39)(H,35,40)(H,37,38)(H,42,43). The Balaban J connectivity index is 1.74. The van der Waals surface area contributed by atoms with E-state index in [9.17, 15) is 39.3 Å². The van der Waals surface area contributed by atoms with Crippen LogP contribution in [0.1, 0.15) is 29.7 Å². The molecule has 0 saturated carbocycles. The zero-order chi connectivity index (χ0) is 31.4. The largest absolute Gasteiger partial charge is 0.508 e. The van der Waals surface area contributed by atoms with E-state index in [0.29, 0.717) is 16.8 Å². The Labute approximate surface area is 246 Å². The molecule has 0 saturated heterocycles. The number of nitrogens with one attached hydrogen (secondary N) is 4. The van der Waals surface area contributed by atoms with Gasteiger partial charge in [0.1, 0.15) is 23.9 Å². The van der Waals surface area contributed by atoms with Crippen LogP contribution in [0.3, 0.4) is 0 Å². The number of hydrogen-bond donors (Lipinski definition) is 8. The fourth-order valence-electron chi connectivity index (χ4n) is 4.21. The summed E-state index contributed by atoms with van der Waals surface area (Å²) in [7, 11) is 0. The first-order valence-corrected chi connectivity index (χ1v) is 13.4. The van der Waals surface area contributed by atoms with Crippen molar-refractivity contribution < 1.29 is 39.3 Å². The normalized spacial score (nSPS) is 13.6. The molecule has 0 bridgehead atoms. The predicted octanol–water partition coefficient (Wildman–Crippen LogP) is -0.126. The van der Waals surface area contributed by atoms with Crippen LogP contribution in [0, 0.1) is 0 Å². The number of aromatic amines is 1. The predicted molar refractivity (Wildman–Crippen MR) is 153 cm³/mol. The van der Waals surface area contributed by atoms with Crippen molar-refractivity contribution in [2.24, 2.45) is 5.73 Å². The lowest BCUT2D eigenvalue weighted by Gasteiger charge is -2.25. The average molecular weight is 595 g/mol. The fourth-order valence-corrected chi connectivity index (χ4v) is 4.21. The highest BCUT2D eigenvalue weighted by Gasteiger charge is 2.31. The average Bonchev–Trinajstić information content (AvgIpc) is 3.49. The lowest BCUT2D eigenvalue weighted by atomic mass is 10.0. The van der Waals surface area contributed by atoms with Crippen LogP contribution in [0.5, 0.6) is 5.75 Å². The third-order valence-electron chi connectivity index (χ3n) is 6.52. The van der Waals surface area contributed by atoms with Gasteiger partial charge in [-0.15, -0.1) is 0 Å². The third-order valence-corrected chi connectivity index (χ3v) is 6.52. The molecule has 4 atom stereocenters. The smallest absolute Gasteiger partial charge is 0.326 e. The van der Waals surface area contributed by atoms with E-state index in [1.807, 2.05) is 0 Å². The Morgan fingerprint density at radius 1 is 0.767 bits per heavy atom. The minimum atomic E-state index is -1.42. The maximum Gasteiger partial charge on any atom is 0.326 e. The lowest BCUT2D eigenvalue weighted by Crippen LogP contribution is -2.58. The van der Waals surface area contributed by atoms with Crippen molar-refractivity contribution in [3.8, 4) is 5.75 Å². The number of phenols is 1. The molecule has 14 heteroatoms. The van der Waals surface area contributed by atoms with Crippen molar-refractivity contribution in [1.82, 2.24) is 25.9 Å². The monoisotopic (exact) mass is 594 g/mol. The summed E-state index contributed by atoms with van der Waals surface area (Å²) in [6, 6.07) is 9.60. The Morgan fingerprint density at radius 2 is 1.37 bits per heavy atom. The number of phenolic OH excluding ortho intramolecular Hbond substituents is 1. The van der Waals surface area contributed by atoms with Gasteiger partial charge in [0.05, 0.1) is 12.4 Å². The van der Waals surface area contributed by atoms with Crippen molar-refractivity contribution in [3.63, 3.8) is 0 Å². The number of aromatic hydroxyl groups is 1. The van der Waals surface area contributed by atoms with Crippen molar-refractivity contribution in [3.05, 3.63) is 83.9 Å². The van der Waals surface area contributed by atoms with E-state index >= 15 is 0 Å². The number of carboxylic acids is 2. The number of nitrogens with zero attached hydrogens (tertiary/aromatic N) is 1. The summed E-state index contributed by atoms with van der Waals surface area (Å²) in [4.78, 5) is 69.5. The number of rotatable bonds is 16. The molecule has 3 aromatic rings. The van der Waals surface area contributed by atoms with Crippen LogP contribution >= 0.6 is 0 Å². The van der Waals surface area contributed by atoms with Gasteiger partial charge in [-0.2, -0.15) is 0 Å². The zero-order valence-electron chi connectivity index (χ0n) is 23.1. The van der Waals surface area contributed by atoms with Gasteiger partial charge in [-0.25, -0.2) is 9.78 Å². The van der Waals surface area contributed by atoms with E-state index in [4.69, 9.17) is 5.73 Å². The van der Waals surface area contributed by atoms with E-state index in [-0.39, 0.29) is 31.4 Å². The highest BCUT2D eigenvalue weighted by atomic mass is 16.4. The van der Waals surface area contributed by atoms with E-state index < -0.39 is 60.2 Å². The molecule has 0 aliphatic rings. The second kappa shape index (κ2) is 15.7. The van der Waals surface area contributed by atoms with Gasteiger partial charge >= 0.3 is 11.9 Å². The molecule has 9 N–H and O–H groups in total. The summed E-state index contributed by atoms with van der Waals surface area (Å²) in [6.45, 7) is 0. The summed E-state index contributed by atoms with van der Waals surface area (Å²) >= 11 is 0. The number of carbonyl (C=O) groups excluding carboxylic acids is 3. The van der Waals surface area contributed by atoms with E-state index in [1.165, 1.54) is 24.7 Å². The van der Waals surface area contributed by atoms with Crippen molar-refractivity contribution in [2.75, 3.05) is 0 Å². The number of carboxylic acid groups (broad SMARTS) is 2. The number of nitrogens with two attached hydrogens (primary N) is 1.